The van der Waals surface area contributed by atoms with Gasteiger partial charge in [0.1, 0.15) is 11.6 Å². The van der Waals surface area contributed by atoms with Crippen molar-refractivity contribution in [3.05, 3.63) is 11.3 Å². The molecule has 0 unspecified atom stereocenters. The molecule has 1 aromatic heterocycles. The maximum atomic E-state index is 9.08. The van der Waals surface area contributed by atoms with Gasteiger partial charge in [0.15, 0.2) is 10.3 Å². The molecule has 0 aliphatic rings. The van der Waals surface area contributed by atoms with Crippen LogP contribution in [0.1, 0.15) is 31.0 Å². The van der Waals surface area contributed by atoms with Gasteiger partial charge in [0, 0.05) is 14.1 Å². The number of nitrogens with zero attached hydrogens (tertiary/aromatic N) is 4. The van der Waals surface area contributed by atoms with Gasteiger partial charge in [-0.15, -0.1) is 0 Å². The van der Waals surface area contributed by atoms with Crippen LogP contribution in [0.15, 0.2) is 4.99 Å². The summed E-state index contributed by atoms with van der Waals surface area (Å²) in [6.45, 7) is 3.99. The van der Waals surface area contributed by atoms with Crippen LogP contribution in [0, 0.1) is 11.3 Å². The SMILES string of the molecule is CC(C)c1nsc(N=C(Cl)N(C)C)c1C#N. The lowest BCUT2D eigenvalue weighted by Crippen LogP contribution is -2.15. The summed E-state index contributed by atoms with van der Waals surface area (Å²) in [6.07, 6.45) is 0. The highest BCUT2D eigenvalue weighted by molar-refractivity contribution is 7.10. The standard InChI is InChI=1S/C10H13ClN4S/c1-6(2)8-7(5-12)9(16-14-8)13-10(11)15(3)4/h6H,1-4H3. The number of hydrogen-bond acceptors (Lipinski definition) is 4. The molecule has 0 atom stereocenters. The Balaban J connectivity index is 3.18. The molecule has 86 valence electrons. The maximum Gasteiger partial charge on any atom is 0.199 e. The fourth-order valence-corrected chi connectivity index (χ4v) is 2.04. The van der Waals surface area contributed by atoms with Crippen LogP contribution < -0.4 is 0 Å². The molecule has 4 nitrogen and oxygen atoms in total. The van der Waals surface area contributed by atoms with E-state index in [1.807, 2.05) is 13.8 Å². The number of rotatable bonds is 2. The largest absolute Gasteiger partial charge is 0.353 e. The smallest absolute Gasteiger partial charge is 0.199 e. The van der Waals surface area contributed by atoms with Crippen LogP contribution in [0.25, 0.3) is 0 Å². The predicted octanol–water partition coefficient (Wildman–Crippen LogP) is 2.93. The van der Waals surface area contributed by atoms with Gasteiger partial charge in [-0.2, -0.15) is 9.64 Å². The lowest BCUT2D eigenvalue weighted by atomic mass is 10.1. The molecule has 0 bridgehead atoms. The summed E-state index contributed by atoms with van der Waals surface area (Å²) in [5.41, 5.74) is 1.31. The van der Waals surface area contributed by atoms with Crippen LogP contribution in [-0.4, -0.2) is 28.7 Å². The molecule has 1 aromatic rings. The summed E-state index contributed by atoms with van der Waals surface area (Å²) >= 11 is 7.12. The molecule has 1 rings (SSSR count). The van der Waals surface area contributed by atoms with Crippen molar-refractivity contribution in [2.45, 2.75) is 19.8 Å². The second kappa shape index (κ2) is 5.28. The van der Waals surface area contributed by atoms with Gasteiger partial charge in [0.2, 0.25) is 0 Å². The normalized spacial score (nSPS) is 11.7. The zero-order valence-corrected chi connectivity index (χ0v) is 11.2. The van der Waals surface area contributed by atoms with Crippen molar-refractivity contribution in [1.82, 2.24) is 9.27 Å². The Morgan fingerprint density at radius 1 is 1.56 bits per heavy atom. The van der Waals surface area contributed by atoms with E-state index in [2.05, 4.69) is 15.4 Å². The molecule has 0 saturated heterocycles. The first-order valence-electron chi connectivity index (χ1n) is 4.78. The van der Waals surface area contributed by atoms with Crippen LogP contribution in [0.4, 0.5) is 5.00 Å². The fraction of sp³-hybridized carbons (Fsp3) is 0.500. The van der Waals surface area contributed by atoms with Crippen LogP contribution in [0.3, 0.4) is 0 Å². The van der Waals surface area contributed by atoms with Gasteiger partial charge in [-0.25, -0.2) is 4.99 Å². The number of halogens is 1. The van der Waals surface area contributed by atoms with Gasteiger partial charge in [0.05, 0.1) is 5.69 Å². The van der Waals surface area contributed by atoms with E-state index in [4.69, 9.17) is 16.9 Å². The highest BCUT2D eigenvalue weighted by Gasteiger charge is 2.16. The summed E-state index contributed by atoms with van der Waals surface area (Å²) in [7, 11) is 3.59. The summed E-state index contributed by atoms with van der Waals surface area (Å²) < 4.78 is 4.23. The molecule has 0 fully saturated rings. The third-order valence-corrected chi connectivity index (χ3v) is 3.10. The van der Waals surface area contributed by atoms with Gasteiger partial charge >= 0.3 is 0 Å². The van der Waals surface area contributed by atoms with Crippen molar-refractivity contribution in [2.24, 2.45) is 4.99 Å². The Bertz CT molecular complexity index is 442. The molecule has 6 heteroatoms. The molecule has 0 aliphatic heterocycles. The first-order chi connectivity index (χ1) is 7.47. The van der Waals surface area contributed by atoms with Gasteiger partial charge in [-0.3, -0.25) is 0 Å². The lowest BCUT2D eigenvalue weighted by Gasteiger charge is -2.07. The van der Waals surface area contributed by atoms with Gasteiger partial charge in [0.25, 0.3) is 0 Å². The van der Waals surface area contributed by atoms with E-state index in [1.165, 1.54) is 11.5 Å². The Morgan fingerprint density at radius 2 is 2.19 bits per heavy atom. The highest BCUT2D eigenvalue weighted by Crippen LogP contribution is 2.31. The topological polar surface area (TPSA) is 52.3 Å². The average Bonchev–Trinajstić information content (AvgIpc) is 2.60. The average molecular weight is 257 g/mol. The Hall–Kier alpha value is -1.12. The van der Waals surface area contributed by atoms with Crippen LogP contribution in [-0.2, 0) is 0 Å². The summed E-state index contributed by atoms with van der Waals surface area (Å²) in [5, 5.41) is 10.00. The molecular weight excluding hydrogens is 244 g/mol. The van der Waals surface area contributed by atoms with E-state index < -0.39 is 0 Å². The number of amidine groups is 1. The zero-order valence-electron chi connectivity index (χ0n) is 9.65. The van der Waals surface area contributed by atoms with Gasteiger partial charge in [-0.05, 0) is 29.1 Å². The second-order valence-corrected chi connectivity index (χ2v) is 4.88. The van der Waals surface area contributed by atoms with Crippen LogP contribution in [0.5, 0.6) is 0 Å². The van der Waals surface area contributed by atoms with Crippen molar-refractivity contribution in [2.75, 3.05) is 14.1 Å². The van der Waals surface area contributed by atoms with E-state index >= 15 is 0 Å². The number of aliphatic imine (C=N–C) groups is 1. The third-order valence-electron chi connectivity index (χ3n) is 1.92. The van der Waals surface area contributed by atoms with Crippen LogP contribution in [0.2, 0.25) is 0 Å². The number of hydrogen-bond donors (Lipinski definition) is 0. The maximum absolute atomic E-state index is 9.08. The molecule has 0 spiro atoms. The van der Waals surface area contributed by atoms with Crippen molar-refractivity contribution in [3.8, 4) is 6.07 Å². The Kier molecular flexibility index (Phi) is 4.27. The monoisotopic (exact) mass is 256 g/mol. The molecule has 0 aliphatic carbocycles. The van der Waals surface area contributed by atoms with E-state index in [9.17, 15) is 0 Å². The number of aromatic nitrogens is 1. The Morgan fingerprint density at radius 3 is 2.62 bits per heavy atom. The van der Waals surface area contributed by atoms with E-state index in [1.54, 1.807) is 19.0 Å². The number of nitriles is 1. The Labute approximate surface area is 104 Å². The third kappa shape index (κ3) is 2.71. The van der Waals surface area contributed by atoms with E-state index in [0.717, 1.165) is 5.69 Å². The molecule has 1 heterocycles. The fourth-order valence-electron chi connectivity index (χ4n) is 1.05. The lowest BCUT2D eigenvalue weighted by molar-refractivity contribution is 0.635. The molecular formula is C10H13ClN4S. The highest BCUT2D eigenvalue weighted by atomic mass is 35.5. The summed E-state index contributed by atoms with van der Waals surface area (Å²) in [6, 6.07) is 2.13. The molecule has 0 radical (unpaired) electrons. The van der Waals surface area contributed by atoms with Crippen molar-refractivity contribution in [1.29, 1.82) is 5.26 Å². The molecule has 0 amide bonds. The van der Waals surface area contributed by atoms with Crippen molar-refractivity contribution >= 4 is 33.4 Å². The van der Waals surface area contributed by atoms with E-state index in [-0.39, 0.29) is 5.92 Å². The van der Waals surface area contributed by atoms with E-state index in [0.29, 0.717) is 15.9 Å². The molecule has 16 heavy (non-hydrogen) atoms. The van der Waals surface area contributed by atoms with Crippen molar-refractivity contribution < 1.29 is 0 Å². The molecule has 0 saturated carbocycles. The minimum Gasteiger partial charge on any atom is -0.353 e. The quantitative estimate of drug-likeness (QED) is 0.464. The summed E-state index contributed by atoms with van der Waals surface area (Å²) in [5.74, 6) is 0.216. The van der Waals surface area contributed by atoms with Crippen LogP contribution >= 0.6 is 23.1 Å². The van der Waals surface area contributed by atoms with Gasteiger partial charge < -0.3 is 4.90 Å². The van der Waals surface area contributed by atoms with Gasteiger partial charge in [-0.1, -0.05) is 13.8 Å². The molecule has 0 aromatic carbocycles. The predicted molar refractivity (Wildman–Crippen MR) is 67.6 cm³/mol. The minimum absolute atomic E-state index is 0.216. The minimum atomic E-state index is 0.216. The first kappa shape index (κ1) is 12.9. The second-order valence-electron chi connectivity index (χ2n) is 3.79. The summed E-state index contributed by atoms with van der Waals surface area (Å²) in [4.78, 5) is 5.85. The molecule has 0 N–H and O–H groups in total. The first-order valence-corrected chi connectivity index (χ1v) is 5.93. The zero-order chi connectivity index (χ0) is 12.3. The van der Waals surface area contributed by atoms with Crippen molar-refractivity contribution in [3.63, 3.8) is 0 Å².